The van der Waals surface area contributed by atoms with E-state index in [1.807, 2.05) is 39.0 Å². The number of hydrogen-bond donors (Lipinski definition) is 1. The third-order valence-electron chi connectivity index (χ3n) is 15.2. The molecule has 0 aromatic rings. The lowest BCUT2D eigenvalue weighted by molar-refractivity contribution is -0.362. The molecular weight excluding hydrogens is 933 g/mol. The van der Waals surface area contributed by atoms with Crippen molar-refractivity contribution in [2.45, 2.75) is 245 Å². The second-order valence-electron chi connectivity index (χ2n) is 24.1. The normalized spacial score (nSPS) is 24.4. The lowest BCUT2D eigenvalue weighted by Crippen LogP contribution is -2.68. The molecule has 1 rings (SSSR count). The Kier molecular flexibility index (Phi) is 24.7. The fraction of sp³-hybridized carbons (Fsp3) is 0.846. The summed E-state index contributed by atoms with van der Waals surface area (Å²) in [4.78, 5) is 50.9. The van der Waals surface area contributed by atoms with E-state index in [2.05, 4.69) is 102 Å². The van der Waals surface area contributed by atoms with Gasteiger partial charge in [-0.1, -0.05) is 107 Å². The molecule has 17 heteroatoms. The Hall–Kier alpha value is -2.07. The smallest absolute Gasteiger partial charge is 0.303 e. The van der Waals surface area contributed by atoms with Gasteiger partial charge >= 0.3 is 17.9 Å². The third kappa shape index (κ3) is 19.1. The molecule has 14 nitrogen and oxygen atoms in total. The maximum atomic E-state index is 13.3. The Morgan fingerprint density at radius 2 is 1.25 bits per heavy atom. The summed E-state index contributed by atoms with van der Waals surface area (Å²) in [5.74, 6) is -5.72. The van der Waals surface area contributed by atoms with E-state index >= 15 is 0 Å². The summed E-state index contributed by atoms with van der Waals surface area (Å²) < 4.78 is 57.7. The number of ether oxygens (including phenoxy) is 6. The maximum Gasteiger partial charge on any atom is 0.303 e. The molecule has 1 heterocycles. The summed E-state index contributed by atoms with van der Waals surface area (Å²) in [6.07, 6.45) is 1.33. The SMILES string of the molecule is COC[C@@H](C[C@H]1O[C@@](O)([C@H](OC(C)=O)[C@H](C[C@H](OC)[C@H](CC/C=C(C)/C=C/[C@@H](O[Si](C)(C)C(C)(C)C)[C@@H](C)C=O)OC(C)=O)O[Si](C)(C)C(C)(C)C)[C@H](C)[C@@H](OC(C)=O)[C@H]1C)O[Si](C)(C)C(C)(C)C. The number of aldehydes is 1. The van der Waals surface area contributed by atoms with Crippen molar-refractivity contribution in [2.75, 3.05) is 20.8 Å². The number of rotatable bonds is 26. The highest BCUT2D eigenvalue weighted by Gasteiger charge is 2.61. The highest BCUT2D eigenvalue weighted by molar-refractivity contribution is 6.75. The van der Waals surface area contributed by atoms with Crippen LogP contribution in [-0.2, 0) is 60.9 Å². The predicted octanol–water partition coefficient (Wildman–Crippen LogP) is 10.9. The van der Waals surface area contributed by atoms with E-state index in [9.17, 15) is 24.3 Å². The van der Waals surface area contributed by atoms with Crippen LogP contribution < -0.4 is 0 Å². The van der Waals surface area contributed by atoms with Crippen molar-refractivity contribution in [1.29, 1.82) is 0 Å². The standard InChI is InChI=1S/C52H98O14Si3/c1-34(28-29-42(35(2)32-53)65-68(21,22)50(11,12)13)26-25-27-43(60-38(5)54)45(59-18)31-46(66-69(23,24)51(14,15)16)48(62-40(7)56)52(57)37(4)47(61-39(6)55)36(3)44(63-52)30-41(33-58-17)64-67(19,20)49(8,9)10/h26,28-29,32,35-37,41-48,57H,25,27,30-31,33H2,1-24H3/b29-28+,34-26+/t35-,36-,37+,41+,42+,43-,44+,45-,46-,47-,48+,52+/m0/s1. The number of carbonyl (C=O) groups is 4. The first-order valence-corrected chi connectivity index (χ1v) is 33.7. The molecule has 0 amide bonds. The fourth-order valence-electron chi connectivity index (χ4n) is 7.80. The first kappa shape index (κ1) is 64.9. The van der Waals surface area contributed by atoms with Gasteiger partial charge in [0.25, 0.3) is 0 Å². The van der Waals surface area contributed by atoms with Gasteiger partial charge in [-0.15, -0.1) is 0 Å². The number of hydrogen-bond acceptors (Lipinski definition) is 14. The summed E-state index contributed by atoms with van der Waals surface area (Å²) in [5.41, 5.74) is 0.931. The molecule has 1 aliphatic heterocycles. The van der Waals surface area contributed by atoms with Gasteiger partial charge in [-0.05, 0) is 74.2 Å². The molecule has 1 aliphatic rings. The van der Waals surface area contributed by atoms with Crippen molar-refractivity contribution in [3.63, 3.8) is 0 Å². The van der Waals surface area contributed by atoms with Crippen LogP contribution in [0.4, 0.5) is 0 Å². The molecule has 0 spiro atoms. The Morgan fingerprint density at radius 3 is 1.70 bits per heavy atom. The first-order valence-electron chi connectivity index (χ1n) is 25.0. The van der Waals surface area contributed by atoms with Crippen LogP contribution in [0.15, 0.2) is 23.8 Å². The van der Waals surface area contributed by atoms with Gasteiger partial charge in [-0.25, -0.2) is 0 Å². The van der Waals surface area contributed by atoms with Crippen LogP contribution in [0.2, 0.25) is 54.4 Å². The zero-order valence-electron chi connectivity index (χ0n) is 47.5. The molecule has 1 saturated heterocycles. The van der Waals surface area contributed by atoms with E-state index in [0.717, 1.165) is 11.9 Å². The summed E-state index contributed by atoms with van der Waals surface area (Å²) in [6, 6.07) is 0. The fourth-order valence-corrected chi connectivity index (χ4v) is 11.8. The van der Waals surface area contributed by atoms with Crippen LogP contribution in [0.25, 0.3) is 0 Å². The minimum absolute atomic E-state index is 0.00911. The van der Waals surface area contributed by atoms with Crippen LogP contribution in [0, 0.1) is 17.8 Å². The van der Waals surface area contributed by atoms with E-state index in [1.54, 1.807) is 14.0 Å². The number of allylic oxidation sites excluding steroid dienone is 3. The second-order valence-corrected chi connectivity index (χ2v) is 38.4. The molecule has 0 saturated carbocycles. The number of carbonyl (C=O) groups excluding carboxylic acids is 4. The summed E-state index contributed by atoms with van der Waals surface area (Å²) in [5, 5.41) is 12.8. The minimum atomic E-state index is -2.78. The lowest BCUT2D eigenvalue weighted by atomic mass is 9.76. The van der Waals surface area contributed by atoms with Crippen molar-refractivity contribution < 1.29 is 66.0 Å². The van der Waals surface area contributed by atoms with Gasteiger partial charge < -0.3 is 51.6 Å². The summed E-state index contributed by atoms with van der Waals surface area (Å²) in [6.45, 7) is 43.6. The average Bonchev–Trinajstić information content (AvgIpc) is 3.18. The van der Waals surface area contributed by atoms with Crippen molar-refractivity contribution in [1.82, 2.24) is 0 Å². The van der Waals surface area contributed by atoms with Gasteiger partial charge in [0.05, 0.1) is 43.0 Å². The van der Waals surface area contributed by atoms with Crippen molar-refractivity contribution in [3.8, 4) is 0 Å². The summed E-state index contributed by atoms with van der Waals surface area (Å²) in [7, 11) is -4.18. The molecule has 0 aliphatic carbocycles. The van der Waals surface area contributed by atoms with Crippen LogP contribution in [0.5, 0.6) is 0 Å². The molecule has 1 N–H and O–H groups in total. The van der Waals surface area contributed by atoms with E-state index in [0.29, 0.717) is 12.8 Å². The van der Waals surface area contributed by atoms with Gasteiger partial charge in [-0.2, -0.15) is 0 Å². The Morgan fingerprint density at radius 1 is 0.739 bits per heavy atom. The molecule has 0 aromatic carbocycles. The van der Waals surface area contributed by atoms with Crippen LogP contribution in [-0.4, -0.2) is 130 Å². The van der Waals surface area contributed by atoms with Crippen LogP contribution in [0.1, 0.15) is 136 Å². The molecule has 0 radical (unpaired) electrons. The van der Waals surface area contributed by atoms with E-state index in [1.165, 1.54) is 27.9 Å². The van der Waals surface area contributed by atoms with Gasteiger partial charge in [0, 0.05) is 59.7 Å². The molecule has 1 fully saturated rings. The zero-order chi connectivity index (χ0) is 53.9. The van der Waals surface area contributed by atoms with Crippen LogP contribution in [0.3, 0.4) is 0 Å². The summed E-state index contributed by atoms with van der Waals surface area (Å²) >= 11 is 0. The van der Waals surface area contributed by atoms with Gasteiger partial charge in [0.1, 0.15) is 18.5 Å². The highest BCUT2D eigenvalue weighted by Crippen LogP contribution is 2.47. The van der Waals surface area contributed by atoms with Crippen molar-refractivity contribution in [3.05, 3.63) is 23.8 Å². The number of aliphatic hydroxyl groups is 1. The van der Waals surface area contributed by atoms with Gasteiger partial charge in [0.15, 0.2) is 31.1 Å². The molecule has 0 aromatic heterocycles. The minimum Gasteiger partial charge on any atom is -0.462 e. The Balaban J connectivity index is 3.97. The van der Waals surface area contributed by atoms with E-state index < -0.39 is 109 Å². The second kappa shape index (κ2) is 26.2. The molecule has 69 heavy (non-hydrogen) atoms. The Labute approximate surface area is 421 Å². The van der Waals surface area contributed by atoms with Gasteiger partial charge in [-0.3, -0.25) is 14.4 Å². The molecule has 12 atom stereocenters. The number of esters is 3. The molecule has 0 unspecified atom stereocenters. The lowest BCUT2D eigenvalue weighted by Gasteiger charge is -2.54. The van der Waals surface area contributed by atoms with Crippen molar-refractivity contribution >= 4 is 49.1 Å². The monoisotopic (exact) mass is 1030 g/mol. The average molecular weight is 1030 g/mol. The first-order chi connectivity index (χ1) is 31.2. The highest BCUT2D eigenvalue weighted by atomic mass is 28.4. The zero-order valence-corrected chi connectivity index (χ0v) is 50.5. The van der Waals surface area contributed by atoms with E-state index in [4.69, 9.17) is 41.7 Å². The molecule has 402 valence electrons. The van der Waals surface area contributed by atoms with Crippen LogP contribution >= 0.6 is 0 Å². The number of methoxy groups -OCH3 is 2. The maximum absolute atomic E-state index is 13.3. The largest absolute Gasteiger partial charge is 0.462 e. The topological polar surface area (TPSA) is 172 Å². The third-order valence-corrected chi connectivity index (χ3v) is 28.7. The quantitative estimate of drug-likeness (QED) is 0.0285. The van der Waals surface area contributed by atoms with Crippen molar-refractivity contribution in [2.24, 2.45) is 17.8 Å². The Bertz CT molecular complexity index is 1710. The predicted molar refractivity (Wildman–Crippen MR) is 280 cm³/mol. The molecule has 0 bridgehead atoms. The van der Waals surface area contributed by atoms with Gasteiger partial charge in [0.2, 0.25) is 5.79 Å². The molecular formula is C52H98O14Si3. The van der Waals surface area contributed by atoms with E-state index in [-0.39, 0.29) is 40.5 Å².